The topological polar surface area (TPSA) is 108 Å². The SMILES string of the molecule is CC1(C)c2ccccc2Oc2cc[c-]c(-c3ccc(-c4ccccc4)cn3)c21.C[Si]1(C)c2ccccc2Oc2cc[c-]c(-c3cc(-c4ccccc4)ccn3)c21.Cc1cnc(-c2[c-]cccc2)cc1C.[2H]C([2H])([2H])N1c2cc[c-]c(-c3cc(C)c(C)cn3)c2Oc2c1ccc(C)c2C.[2H]C([2H])([2H])c1c[c-]c(-c2ccccn2)cc1.[Ir].[Ir].[Ir].[c-]1ccccc1-c1ccccn1. The van der Waals surface area contributed by atoms with Gasteiger partial charge in [-0.1, -0.05) is 219 Å². The van der Waals surface area contributed by atoms with Crippen LogP contribution in [0.4, 0.5) is 11.4 Å². The fourth-order valence-corrected chi connectivity index (χ4v) is 17.8. The Morgan fingerprint density at radius 1 is 0.358 bits per heavy atom. The van der Waals surface area contributed by atoms with Gasteiger partial charge in [-0.15, -0.1) is 173 Å². The summed E-state index contributed by atoms with van der Waals surface area (Å²) in [5, 5.41) is 2.59. The second-order valence-corrected chi connectivity index (χ2v) is 34.7. The molecule has 0 atom stereocenters. The average molecular weight is 2160 g/mol. The van der Waals surface area contributed by atoms with Crippen molar-refractivity contribution in [3.8, 4) is 124 Å². The number of hydrogen-bond acceptors (Lipinski definition) is 10. The number of aromatic nitrogens is 6. The summed E-state index contributed by atoms with van der Waals surface area (Å²) in [6.45, 7) is 16.9. The van der Waals surface area contributed by atoms with Crippen LogP contribution in [0.2, 0.25) is 13.1 Å². The van der Waals surface area contributed by atoms with Gasteiger partial charge in [-0.2, -0.15) is 0 Å². The number of rotatable bonds is 8. The van der Waals surface area contributed by atoms with E-state index in [9.17, 15) is 0 Å². The third-order valence-corrected chi connectivity index (χ3v) is 25.1. The van der Waals surface area contributed by atoms with E-state index in [4.69, 9.17) is 32.4 Å². The van der Waals surface area contributed by atoms with Crippen LogP contribution in [0.1, 0.15) is 72.1 Å². The van der Waals surface area contributed by atoms with Gasteiger partial charge in [0, 0.05) is 124 Å². The Labute approximate surface area is 774 Å². The number of pyridine rings is 6. The maximum absolute atomic E-state index is 8.13. The van der Waals surface area contributed by atoms with Gasteiger partial charge in [0.05, 0.1) is 25.3 Å². The van der Waals surface area contributed by atoms with Crippen molar-refractivity contribution >= 4 is 29.8 Å². The molecule has 0 spiro atoms. The number of nitrogens with zero attached hydrogens (tertiary/aromatic N) is 7. The second-order valence-electron chi connectivity index (χ2n) is 30.4. The Balaban J connectivity index is 0.000000144. The van der Waals surface area contributed by atoms with Gasteiger partial charge < -0.3 is 49.0 Å². The molecule has 3 aliphatic heterocycles. The maximum atomic E-state index is 8.13. The molecule has 0 saturated heterocycles. The Bertz CT molecular complexity index is 6630. The second kappa shape index (κ2) is 41.0. The molecular weight excluding hydrogens is 2060 g/mol. The predicted octanol–water partition coefficient (Wildman–Crippen LogP) is 26.0. The van der Waals surface area contributed by atoms with Crippen LogP contribution in [0.5, 0.6) is 34.5 Å². The minimum absolute atomic E-state index is 0. The number of benzene rings is 11. The van der Waals surface area contributed by atoms with E-state index in [2.05, 4.69) is 194 Å². The molecule has 20 rings (SSSR count). The van der Waals surface area contributed by atoms with Crippen LogP contribution < -0.4 is 29.5 Å². The fourth-order valence-electron chi connectivity index (χ4n) is 14.7. The van der Waals surface area contributed by atoms with Gasteiger partial charge in [0.2, 0.25) is 0 Å². The Kier molecular flexibility index (Phi) is 27.3. The van der Waals surface area contributed by atoms with Crippen molar-refractivity contribution in [3.63, 3.8) is 0 Å². The van der Waals surface area contributed by atoms with Gasteiger partial charge in [0.25, 0.3) is 0 Å². The van der Waals surface area contributed by atoms with Gasteiger partial charge in [0.1, 0.15) is 17.2 Å². The van der Waals surface area contributed by atoms with E-state index in [1.54, 1.807) is 42.7 Å². The smallest absolute Gasteiger partial charge is 0.141 e. The number of hydrogen-bond donors (Lipinski definition) is 0. The number of para-hydroxylation sites is 2. The quantitative estimate of drug-likeness (QED) is 0.108. The average Bonchev–Trinajstić information content (AvgIpc) is 0.752. The predicted molar refractivity (Wildman–Crippen MR) is 492 cm³/mol. The van der Waals surface area contributed by atoms with Gasteiger partial charge >= 0.3 is 0 Å². The molecule has 0 N–H and O–H groups in total. The number of aryl methyl sites for hydroxylation is 6. The molecule has 0 unspecified atom stereocenters. The first-order chi connectivity index (χ1) is 60.8. The Morgan fingerprint density at radius 3 is 1.52 bits per heavy atom. The molecule has 0 fully saturated rings. The van der Waals surface area contributed by atoms with E-state index < -0.39 is 21.9 Å². The first-order valence-corrected chi connectivity index (χ1v) is 42.8. The molecule has 123 heavy (non-hydrogen) atoms. The zero-order valence-electron chi connectivity index (χ0n) is 75.6. The van der Waals surface area contributed by atoms with Gasteiger partial charge in [-0.05, 0) is 173 Å². The van der Waals surface area contributed by atoms with E-state index in [1.807, 2.05) is 216 Å². The monoisotopic (exact) mass is 2160 g/mol. The number of fused-ring (bicyclic) bond motifs is 6. The van der Waals surface area contributed by atoms with E-state index in [1.165, 1.54) is 49.2 Å². The molecule has 10 nitrogen and oxygen atoms in total. The van der Waals surface area contributed by atoms with Crippen molar-refractivity contribution in [3.05, 3.63) is 421 Å². The normalized spacial score (nSPS) is 12.9. The van der Waals surface area contributed by atoms with Crippen LogP contribution in [0.25, 0.3) is 89.8 Å². The zero-order valence-corrected chi connectivity index (χ0v) is 77.8. The van der Waals surface area contributed by atoms with Gasteiger partial charge in [-0.3, -0.25) is 0 Å². The molecule has 0 amide bonds. The molecule has 0 aliphatic carbocycles. The third kappa shape index (κ3) is 20.6. The Hall–Kier alpha value is -12.3. The molecule has 9 heterocycles. The summed E-state index contributed by atoms with van der Waals surface area (Å²) >= 11 is 0. The van der Waals surface area contributed by atoms with Crippen molar-refractivity contribution in [2.45, 2.75) is 80.8 Å². The molecule has 3 radical (unpaired) electrons. The van der Waals surface area contributed by atoms with E-state index in [0.29, 0.717) is 39.7 Å². The summed E-state index contributed by atoms with van der Waals surface area (Å²) < 4.78 is 64.9. The van der Waals surface area contributed by atoms with Gasteiger partial charge in [-0.25, -0.2) is 0 Å². The van der Waals surface area contributed by atoms with Crippen LogP contribution in [0, 0.1) is 84.8 Å². The Morgan fingerprint density at radius 2 is 0.902 bits per heavy atom. The molecule has 617 valence electrons. The van der Waals surface area contributed by atoms with Crippen LogP contribution in [0.15, 0.2) is 334 Å². The van der Waals surface area contributed by atoms with Gasteiger partial charge in [0.15, 0.2) is 0 Å². The van der Waals surface area contributed by atoms with Crippen molar-refractivity contribution in [2.24, 2.45) is 0 Å². The summed E-state index contributed by atoms with van der Waals surface area (Å²) in [7, 11) is -1.95. The molecule has 17 aromatic rings. The van der Waals surface area contributed by atoms with Crippen LogP contribution in [-0.2, 0) is 65.7 Å². The molecule has 14 heteroatoms. The minimum atomic E-state index is -2.36. The molecule has 6 aromatic heterocycles. The third-order valence-electron chi connectivity index (χ3n) is 21.6. The maximum Gasteiger partial charge on any atom is 0.141 e. The van der Waals surface area contributed by atoms with Crippen molar-refractivity contribution in [2.75, 3.05) is 11.9 Å². The molecule has 11 aromatic carbocycles. The minimum Gasteiger partial charge on any atom is -0.497 e. The first-order valence-electron chi connectivity index (χ1n) is 42.8. The van der Waals surface area contributed by atoms with E-state index >= 15 is 0 Å². The van der Waals surface area contributed by atoms with Crippen molar-refractivity contribution in [1.29, 1.82) is 0 Å². The van der Waals surface area contributed by atoms with Crippen molar-refractivity contribution in [1.82, 2.24) is 29.9 Å². The molecule has 0 bridgehead atoms. The van der Waals surface area contributed by atoms with Crippen molar-refractivity contribution < 1.29 is 82.8 Å². The van der Waals surface area contributed by atoms with Crippen LogP contribution in [0.3, 0.4) is 0 Å². The summed E-state index contributed by atoms with van der Waals surface area (Å²) in [6, 6.07) is 116. The first kappa shape index (κ1) is 81.7. The largest absolute Gasteiger partial charge is 0.497 e. The summed E-state index contributed by atoms with van der Waals surface area (Å²) in [4.78, 5) is 28.1. The van der Waals surface area contributed by atoms with E-state index in [0.717, 1.165) is 118 Å². The molecule has 0 saturated carbocycles. The van der Waals surface area contributed by atoms with Crippen LogP contribution in [-0.4, -0.2) is 45.0 Å². The number of ether oxygens (including phenoxy) is 3. The summed E-state index contributed by atoms with van der Waals surface area (Å²) in [5.41, 5.74) is 25.6. The van der Waals surface area contributed by atoms with E-state index in [-0.39, 0.29) is 65.7 Å². The summed E-state index contributed by atoms with van der Waals surface area (Å²) in [5.74, 6) is 4.76. The zero-order chi connectivity index (χ0) is 88.3. The summed E-state index contributed by atoms with van der Waals surface area (Å²) in [6.07, 6.45) is 11.0. The number of anilines is 2. The standard InChI is InChI=1S/C26H20NO.C25H20NOSi.C22H21N2O.C13H12N.C12H10N.C11H8N.3Ir/c1-26(2)21-12-6-7-13-23(21)28-24-14-8-11-20(25(24)26)22-16-15-19(17-27-22)18-9-4-3-5-10-18;1-28(2)24-14-7-6-12-22(24)27-23-13-8-11-20(25(23)28)21-17-19(15-16-26-21)18-9-4-3-5-10-18;1-13-9-10-20-21(16(13)4)25-22-17(7-6-8-19(22)24(20)5)18-11-14(2)15(3)12-23-18;1-10-8-13(14-9-11(10)2)12-6-4-3-5-7-12;1-10-5-7-11(8-6-10)12-4-2-3-9-13-12;1-2-6-10(7-3-1)11-8-4-5-9-12-11;;;/h2*3-10,12-17H,1-2H3;6,8-12H,1-5H3;3-6,8-9H,1-2H3;2-7,9H,1H3;1-6,8-9H;;;/q6*-1;;;/i;;5D3;;1D3;;;;. The molecular formula is C109H91Ir3N7O3Si-6. The molecule has 3 aliphatic rings. The van der Waals surface area contributed by atoms with Crippen LogP contribution >= 0.6 is 0 Å². The fraction of sp³-hybridized carbons (Fsp3) is 0.119.